The van der Waals surface area contributed by atoms with Crippen LogP contribution in [0.3, 0.4) is 0 Å². The molecule has 1 aromatic carbocycles. The Morgan fingerprint density at radius 2 is 1.79 bits per heavy atom. The van der Waals surface area contributed by atoms with Crippen molar-refractivity contribution >= 4 is 23.5 Å². The number of carbonyl (C=O) groups is 3. The van der Waals surface area contributed by atoms with Crippen molar-refractivity contribution in [3.8, 4) is 0 Å². The molecule has 1 unspecified atom stereocenters. The van der Waals surface area contributed by atoms with Crippen LogP contribution in [0.25, 0.3) is 0 Å². The largest absolute Gasteiger partial charge is 0.480 e. The molecule has 1 fully saturated rings. The molecule has 1 aromatic rings. The van der Waals surface area contributed by atoms with Crippen molar-refractivity contribution in [2.24, 2.45) is 0 Å². The van der Waals surface area contributed by atoms with Gasteiger partial charge >= 0.3 is 5.97 Å². The molecule has 7 nitrogen and oxygen atoms in total. The molecule has 1 aliphatic carbocycles. The lowest BCUT2D eigenvalue weighted by Crippen LogP contribution is -2.51. The van der Waals surface area contributed by atoms with E-state index in [0.29, 0.717) is 13.1 Å². The Morgan fingerprint density at radius 3 is 2.36 bits per heavy atom. The highest BCUT2D eigenvalue weighted by molar-refractivity contribution is 5.95. The van der Waals surface area contributed by atoms with Gasteiger partial charge in [-0.3, -0.25) is 19.3 Å². The first kappa shape index (κ1) is 21.9. The zero-order chi connectivity index (χ0) is 20.5. The van der Waals surface area contributed by atoms with Gasteiger partial charge in [-0.15, -0.1) is 0 Å². The quantitative estimate of drug-likeness (QED) is 0.676. The lowest BCUT2D eigenvalue weighted by Gasteiger charge is -2.36. The normalized spacial score (nSPS) is 15.8. The zero-order valence-corrected chi connectivity index (χ0v) is 16.8. The minimum Gasteiger partial charge on any atom is -0.480 e. The molecular formula is C21H31N3O4. The van der Waals surface area contributed by atoms with Crippen LogP contribution in [0.4, 0.5) is 5.69 Å². The van der Waals surface area contributed by atoms with E-state index in [2.05, 4.69) is 5.32 Å². The second-order valence-electron chi connectivity index (χ2n) is 7.36. The van der Waals surface area contributed by atoms with Gasteiger partial charge in [-0.05, 0) is 31.9 Å². The number of aliphatic carboxylic acids is 1. The van der Waals surface area contributed by atoms with Crippen LogP contribution in [0.15, 0.2) is 30.3 Å². The molecule has 28 heavy (non-hydrogen) atoms. The monoisotopic (exact) mass is 389 g/mol. The lowest BCUT2D eigenvalue weighted by atomic mass is 9.93. The van der Waals surface area contributed by atoms with Gasteiger partial charge in [-0.2, -0.15) is 0 Å². The topological polar surface area (TPSA) is 90.0 Å². The van der Waals surface area contributed by atoms with Gasteiger partial charge in [0.15, 0.2) is 0 Å². The average Bonchev–Trinajstić information content (AvgIpc) is 2.68. The van der Waals surface area contributed by atoms with E-state index in [1.54, 1.807) is 11.8 Å². The Hall–Kier alpha value is -2.41. The Balaban J connectivity index is 2.17. The maximum atomic E-state index is 13.3. The highest BCUT2D eigenvalue weighted by Crippen LogP contribution is 2.27. The smallest absolute Gasteiger partial charge is 0.320 e. The number of hydrogen-bond acceptors (Lipinski definition) is 4. The minimum atomic E-state index is -0.987. The van der Waals surface area contributed by atoms with E-state index in [-0.39, 0.29) is 24.4 Å². The number of amides is 2. The fourth-order valence-corrected chi connectivity index (χ4v) is 3.68. The van der Waals surface area contributed by atoms with Gasteiger partial charge in [-0.25, -0.2) is 0 Å². The summed E-state index contributed by atoms with van der Waals surface area (Å²) in [5, 5.41) is 12.1. The van der Waals surface area contributed by atoms with Gasteiger partial charge in [0.25, 0.3) is 0 Å². The number of anilines is 1. The molecular weight excluding hydrogens is 358 g/mol. The summed E-state index contributed by atoms with van der Waals surface area (Å²) in [7, 11) is 0. The van der Waals surface area contributed by atoms with Crippen LogP contribution in [0.5, 0.6) is 0 Å². The fraction of sp³-hybridized carbons (Fsp3) is 0.571. The molecule has 1 saturated carbocycles. The maximum absolute atomic E-state index is 13.3. The second kappa shape index (κ2) is 10.8. The van der Waals surface area contributed by atoms with E-state index in [0.717, 1.165) is 31.4 Å². The van der Waals surface area contributed by atoms with Crippen molar-refractivity contribution in [2.75, 3.05) is 24.5 Å². The zero-order valence-electron chi connectivity index (χ0n) is 16.8. The minimum absolute atomic E-state index is 0.00154. The van der Waals surface area contributed by atoms with Crippen LogP contribution in [-0.4, -0.2) is 59.5 Å². The van der Waals surface area contributed by atoms with E-state index in [1.807, 2.05) is 35.2 Å². The summed E-state index contributed by atoms with van der Waals surface area (Å²) in [5.74, 6) is -1.27. The molecule has 0 heterocycles. The molecule has 0 spiro atoms. The molecule has 2 N–H and O–H groups in total. The maximum Gasteiger partial charge on any atom is 0.320 e. The Bertz CT molecular complexity index is 659. The molecule has 0 bridgehead atoms. The molecule has 0 saturated heterocycles. The number of carboxylic acid groups (broad SMARTS) is 1. The van der Waals surface area contributed by atoms with Crippen LogP contribution in [-0.2, 0) is 14.4 Å². The molecule has 1 aliphatic rings. The summed E-state index contributed by atoms with van der Waals surface area (Å²) in [4.78, 5) is 39.4. The van der Waals surface area contributed by atoms with E-state index in [9.17, 15) is 19.5 Å². The summed E-state index contributed by atoms with van der Waals surface area (Å²) in [6.45, 7) is 3.58. The van der Waals surface area contributed by atoms with Gasteiger partial charge in [0, 0.05) is 31.7 Å². The van der Waals surface area contributed by atoms with Crippen LogP contribution >= 0.6 is 0 Å². The third-order valence-electron chi connectivity index (χ3n) is 5.26. The number of carbonyl (C=O) groups excluding carboxylic acids is 2. The third-order valence-corrected chi connectivity index (χ3v) is 5.26. The van der Waals surface area contributed by atoms with Crippen molar-refractivity contribution in [1.29, 1.82) is 0 Å². The first-order valence-corrected chi connectivity index (χ1v) is 9.98. The van der Waals surface area contributed by atoms with Crippen LogP contribution in [0.2, 0.25) is 0 Å². The SMILES string of the molecule is CC(=O)NCCN(CC(=O)N(c1ccccc1)C1CCCCC1)C(C)C(=O)O. The van der Waals surface area contributed by atoms with Gasteiger partial charge < -0.3 is 15.3 Å². The van der Waals surface area contributed by atoms with Crippen molar-refractivity contribution in [2.45, 2.75) is 58.0 Å². The van der Waals surface area contributed by atoms with Gasteiger partial charge in [-0.1, -0.05) is 37.5 Å². The standard InChI is InChI=1S/C21H31N3O4/c1-16(21(27)28)23(14-13-22-17(2)25)15-20(26)24(18-9-5-3-6-10-18)19-11-7-4-8-12-19/h3,5-6,9-10,16,19H,4,7-8,11-15H2,1-2H3,(H,22,25)(H,27,28). The number of para-hydroxylation sites is 1. The molecule has 2 rings (SSSR count). The third kappa shape index (κ3) is 6.34. The van der Waals surface area contributed by atoms with Crippen LogP contribution in [0, 0.1) is 0 Å². The number of rotatable bonds is 9. The summed E-state index contributed by atoms with van der Waals surface area (Å²) >= 11 is 0. The van der Waals surface area contributed by atoms with E-state index >= 15 is 0 Å². The fourth-order valence-electron chi connectivity index (χ4n) is 3.68. The summed E-state index contributed by atoms with van der Waals surface area (Å²) < 4.78 is 0. The number of hydrogen-bond donors (Lipinski definition) is 2. The Morgan fingerprint density at radius 1 is 1.14 bits per heavy atom. The highest BCUT2D eigenvalue weighted by Gasteiger charge is 2.30. The van der Waals surface area contributed by atoms with Gasteiger partial charge in [0.1, 0.15) is 6.04 Å². The second-order valence-corrected chi connectivity index (χ2v) is 7.36. The Kier molecular flexibility index (Phi) is 8.44. The number of nitrogens with zero attached hydrogens (tertiary/aromatic N) is 2. The van der Waals surface area contributed by atoms with E-state index in [1.165, 1.54) is 13.3 Å². The molecule has 0 radical (unpaired) electrons. The van der Waals surface area contributed by atoms with Crippen molar-refractivity contribution in [3.05, 3.63) is 30.3 Å². The molecule has 0 aromatic heterocycles. The van der Waals surface area contributed by atoms with E-state index < -0.39 is 12.0 Å². The van der Waals surface area contributed by atoms with Gasteiger partial charge in [0.05, 0.1) is 6.54 Å². The van der Waals surface area contributed by atoms with E-state index in [4.69, 9.17) is 0 Å². The highest BCUT2D eigenvalue weighted by atomic mass is 16.4. The number of benzene rings is 1. The summed E-state index contributed by atoms with van der Waals surface area (Å²) in [6, 6.07) is 8.91. The summed E-state index contributed by atoms with van der Waals surface area (Å²) in [6.07, 6.45) is 5.30. The first-order valence-electron chi connectivity index (χ1n) is 9.98. The summed E-state index contributed by atoms with van der Waals surface area (Å²) in [5.41, 5.74) is 0.851. The van der Waals surface area contributed by atoms with Crippen molar-refractivity contribution in [1.82, 2.24) is 10.2 Å². The van der Waals surface area contributed by atoms with Crippen molar-refractivity contribution in [3.63, 3.8) is 0 Å². The lowest BCUT2D eigenvalue weighted by molar-refractivity contribution is -0.143. The molecule has 1 atom stereocenters. The Labute approximate surface area is 166 Å². The number of nitrogens with one attached hydrogen (secondary N) is 1. The van der Waals surface area contributed by atoms with Crippen LogP contribution in [0.1, 0.15) is 46.0 Å². The average molecular weight is 389 g/mol. The van der Waals surface area contributed by atoms with Crippen molar-refractivity contribution < 1.29 is 19.5 Å². The molecule has 0 aliphatic heterocycles. The first-order chi connectivity index (χ1) is 13.4. The predicted molar refractivity (Wildman–Crippen MR) is 108 cm³/mol. The molecule has 2 amide bonds. The molecule has 7 heteroatoms. The van der Waals surface area contributed by atoms with Crippen LogP contribution < -0.4 is 10.2 Å². The number of carboxylic acids is 1. The predicted octanol–water partition coefficient (Wildman–Crippen LogP) is 2.26. The van der Waals surface area contributed by atoms with Gasteiger partial charge in [0.2, 0.25) is 11.8 Å². The molecule has 154 valence electrons.